The summed E-state index contributed by atoms with van der Waals surface area (Å²) in [5, 5.41) is 10.4. The van der Waals surface area contributed by atoms with Crippen LogP contribution < -0.4 is 0 Å². The van der Waals surface area contributed by atoms with Crippen LogP contribution >= 0.6 is 0 Å². The van der Waals surface area contributed by atoms with E-state index in [2.05, 4.69) is 41.5 Å². The summed E-state index contributed by atoms with van der Waals surface area (Å²) in [5.41, 5.74) is -0.644. The van der Waals surface area contributed by atoms with Crippen molar-refractivity contribution in [2.75, 3.05) is 0 Å². The number of ketones is 1. The van der Waals surface area contributed by atoms with E-state index in [-0.39, 0.29) is 27.8 Å². The number of hydrogen-bond acceptors (Lipinski definition) is 2. The van der Waals surface area contributed by atoms with Crippen molar-refractivity contribution in [3.05, 3.63) is 11.8 Å². The lowest BCUT2D eigenvalue weighted by molar-refractivity contribution is -0.123. The van der Waals surface area contributed by atoms with Gasteiger partial charge in [-0.1, -0.05) is 69.2 Å². The number of allylic oxidation sites excluding steroid dienone is 2. The van der Waals surface area contributed by atoms with Gasteiger partial charge in [-0.3, -0.25) is 4.79 Å². The molecule has 0 aromatic heterocycles. The average Bonchev–Trinajstić information content (AvgIpc) is 2.08. The molecule has 2 nitrogen and oxygen atoms in total. The molecule has 0 rings (SSSR count). The number of carbonyl (C=O) groups excluding carboxylic acids is 1. The SMILES string of the molecule is CC(C)(C)CC(C)(C)C(=O)/C=C(\O)C(C)(C)CC(C)(C)C. The molecule has 0 aliphatic heterocycles. The lowest BCUT2D eigenvalue weighted by Gasteiger charge is -2.33. The van der Waals surface area contributed by atoms with Crippen LogP contribution in [0.3, 0.4) is 0 Å². The van der Waals surface area contributed by atoms with Gasteiger partial charge in [0.15, 0.2) is 5.78 Å². The van der Waals surface area contributed by atoms with Gasteiger partial charge < -0.3 is 5.11 Å². The van der Waals surface area contributed by atoms with Crippen LogP contribution in [0.2, 0.25) is 0 Å². The van der Waals surface area contributed by atoms with Crippen molar-refractivity contribution >= 4 is 5.78 Å². The van der Waals surface area contributed by atoms with Crippen LogP contribution in [-0.2, 0) is 4.79 Å². The van der Waals surface area contributed by atoms with Gasteiger partial charge in [0.05, 0.1) is 0 Å². The number of rotatable bonds is 5. The Bertz CT molecular complexity index is 398. The zero-order chi connectivity index (χ0) is 17.3. The Morgan fingerprint density at radius 2 is 1.10 bits per heavy atom. The van der Waals surface area contributed by atoms with Crippen molar-refractivity contribution in [2.24, 2.45) is 21.7 Å². The van der Waals surface area contributed by atoms with E-state index in [9.17, 15) is 9.90 Å². The van der Waals surface area contributed by atoms with E-state index in [1.807, 2.05) is 27.7 Å². The summed E-state index contributed by atoms with van der Waals surface area (Å²) in [6, 6.07) is 0. The highest BCUT2D eigenvalue weighted by molar-refractivity contribution is 5.94. The van der Waals surface area contributed by atoms with Crippen LogP contribution in [0.4, 0.5) is 0 Å². The van der Waals surface area contributed by atoms with Crippen LogP contribution in [0.25, 0.3) is 0 Å². The van der Waals surface area contributed by atoms with Gasteiger partial charge in [0.1, 0.15) is 5.76 Å². The quantitative estimate of drug-likeness (QED) is 0.505. The van der Waals surface area contributed by atoms with Crippen molar-refractivity contribution < 1.29 is 9.90 Å². The summed E-state index contributed by atoms with van der Waals surface area (Å²) < 4.78 is 0. The number of hydrogen-bond donors (Lipinski definition) is 1. The second-order valence-corrected chi connectivity index (χ2v) is 10.1. The maximum Gasteiger partial charge on any atom is 0.164 e. The minimum atomic E-state index is -0.454. The molecule has 2 heteroatoms. The molecular formula is C19H36O2. The van der Waals surface area contributed by atoms with Gasteiger partial charge in [-0.25, -0.2) is 0 Å². The second-order valence-electron chi connectivity index (χ2n) is 10.1. The molecule has 0 aliphatic carbocycles. The molecule has 0 unspecified atom stereocenters. The Kier molecular flexibility index (Phi) is 5.91. The Balaban J connectivity index is 5.19. The summed E-state index contributed by atoms with van der Waals surface area (Å²) in [5.74, 6) is 0.210. The van der Waals surface area contributed by atoms with Crippen molar-refractivity contribution in [1.29, 1.82) is 0 Å². The average molecular weight is 296 g/mol. The van der Waals surface area contributed by atoms with Gasteiger partial charge in [-0.2, -0.15) is 0 Å². The van der Waals surface area contributed by atoms with Crippen molar-refractivity contribution in [2.45, 2.75) is 82.1 Å². The topological polar surface area (TPSA) is 37.3 Å². The van der Waals surface area contributed by atoms with E-state index in [0.29, 0.717) is 0 Å². The summed E-state index contributed by atoms with van der Waals surface area (Å²) in [6.45, 7) is 20.7. The minimum Gasteiger partial charge on any atom is -0.512 e. The Morgan fingerprint density at radius 3 is 1.43 bits per heavy atom. The summed E-state index contributed by atoms with van der Waals surface area (Å²) in [4.78, 5) is 12.5. The van der Waals surface area contributed by atoms with Gasteiger partial charge in [-0.15, -0.1) is 0 Å². The summed E-state index contributed by atoms with van der Waals surface area (Å²) in [6.07, 6.45) is 3.08. The Morgan fingerprint density at radius 1 is 0.762 bits per heavy atom. The maximum absolute atomic E-state index is 12.5. The first-order valence-electron chi connectivity index (χ1n) is 7.92. The minimum absolute atomic E-state index is 0.0110. The smallest absolute Gasteiger partial charge is 0.164 e. The maximum atomic E-state index is 12.5. The first kappa shape index (κ1) is 20.2. The first-order chi connectivity index (χ1) is 8.96. The van der Waals surface area contributed by atoms with Gasteiger partial charge in [0, 0.05) is 16.9 Å². The van der Waals surface area contributed by atoms with E-state index in [4.69, 9.17) is 0 Å². The molecule has 0 aromatic carbocycles. The van der Waals surface area contributed by atoms with Gasteiger partial charge >= 0.3 is 0 Å². The van der Waals surface area contributed by atoms with Crippen molar-refractivity contribution in [3.8, 4) is 0 Å². The molecule has 21 heavy (non-hydrogen) atoms. The van der Waals surface area contributed by atoms with E-state index in [1.165, 1.54) is 6.08 Å². The molecule has 1 N–H and O–H groups in total. The summed E-state index contributed by atoms with van der Waals surface area (Å²) in [7, 11) is 0. The number of carbonyl (C=O) groups is 1. The van der Waals surface area contributed by atoms with Crippen molar-refractivity contribution in [1.82, 2.24) is 0 Å². The van der Waals surface area contributed by atoms with Crippen LogP contribution in [0.15, 0.2) is 11.8 Å². The molecule has 0 heterocycles. The molecule has 0 aliphatic rings. The van der Waals surface area contributed by atoms with E-state index >= 15 is 0 Å². The Hall–Kier alpha value is -0.790. The van der Waals surface area contributed by atoms with E-state index < -0.39 is 5.41 Å². The lowest BCUT2D eigenvalue weighted by atomic mass is 9.72. The van der Waals surface area contributed by atoms with Crippen LogP contribution in [0, 0.1) is 21.7 Å². The third-order valence-corrected chi connectivity index (χ3v) is 3.57. The predicted octanol–water partition coefficient (Wildman–Crippen LogP) is 5.92. The molecule has 0 fully saturated rings. The molecule has 0 saturated heterocycles. The molecule has 0 aromatic rings. The molecule has 0 spiro atoms. The zero-order valence-electron chi connectivity index (χ0n) is 15.8. The highest BCUT2D eigenvalue weighted by atomic mass is 16.3. The zero-order valence-corrected chi connectivity index (χ0v) is 15.8. The highest BCUT2D eigenvalue weighted by Crippen LogP contribution is 2.39. The Labute approximate surface area is 132 Å². The predicted molar refractivity (Wildman–Crippen MR) is 91.4 cm³/mol. The lowest BCUT2D eigenvalue weighted by Crippen LogP contribution is -2.30. The van der Waals surface area contributed by atoms with Crippen LogP contribution in [-0.4, -0.2) is 10.9 Å². The largest absolute Gasteiger partial charge is 0.512 e. The standard InChI is InChI=1S/C19H36O2/c1-16(2,3)12-18(7,8)14(20)11-15(21)19(9,10)13-17(4,5)6/h11,20H,12-13H2,1-10H3/b14-11-. The van der Waals surface area contributed by atoms with Gasteiger partial charge in [0.2, 0.25) is 0 Å². The second kappa shape index (κ2) is 6.14. The molecule has 0 amide bonds. The van der Waals surface area contributed by atoms with Crippen LogP contribution in [0.1, 0.15) is 82.1 Å². The fourth-order valence-electron chi connectivity index (χ4n) is 3.34. The summed E-state index contributed by atoms with van der Waals surface area (Å²) >= 11 is 0. The van der Waals surface area contributed by atoms with E-state index in [1.54, 1.807) is 0 Å². The van der Waals surface area contributed by atoms with Gasteiger partial charge in [0.25, 0.3) is 0 Å². The fourth-order valence-corrected chi connectivity index (χ4v) is 3.34. The fraction of sp³-hybridized carbons (Fsp3) is 0.842. The number of aliphatic hydroxyl groups excluding tert-OH is 1. The molecule has 0 bridgehead atoms. The third kappa shape index (κ3) is 7.68. The first-order valence-corrected chi connectivity index (χ1v) is 7.92. The third-order valence-electron chi connectivity index (χ3n) is 3.57. The van der Waals surface area contributed by atoms with Crippen LogP contribution in [0.5, 0.6) is 0 Å². The molecule has 0 atom stereocenters. The number of aliphatic hydroxyl groups is 1. The monoisotopic (exact) mass is 296 g/mol. The highest BCUT2D eigenvalue weighted by Gasteiger charge is 2.34. The van der Waals surface area contributed by atoms with E-state index in [0.717, 1.165) is 12.8 Å². The normalized spacial score (nSPS) is 15.2. The molecule has 0 radical (unpaired) electrons. The van der Waals surface area contributed by atoms with Gasteiger partial charge in [-0.05, 0) is 23.7 Å². The molecular weight excluding hydrogens is 260 g/mol. The molecule has 124 valence electrons. The van der Waals surface area contributed by atoms with Crippen molar-refractivity contribution in [3.63, 3.8) is 0 Å². The molecule has 0 saturated carbocycles.